The number of nitrogens with one attached hydrogen (secondary N) is 1. The van der Waals surface area contributed by atoms with Crippen molar-refractivity contribution < 1.29 is 4.79 Å². The summed E-state index contributed by atoms with van der Waals surface area (Å²) >= 11 is 1.80. The SMILES string of the molecule is CCn1nncc1C(=O)NCC1CCCN(C)C1c1cccs1. The van der Waals surface area contributed by atoms with E-state index in [0.29, 0.717) is 30.7 Å². The first kappa shape index (κ1) is 16.1. The number of piperidine rings is 1. The maximum Gasteiger partial charge on any atom is 0.271 e. The van der Waals surface area contributed by atoms with Gasteiger partial charge in [-0.25, -0.2) is 4.68 Å². The first-order valence-corrected chi connectivity index (χ1v) is 8.99. The van der Waals surface area contributed by atoms with Crippen LogP contribution in [-0.2, 0) is 6.54 Å². The van der Waals surface area contributed by atoms with Crippen LogP contribution in [0.3, 0.4) is 0 Å². The van der Waals surface area contributed by atoms with Crippen molar-refractivity contribution in [1.82, 2.24) is 25.2 Å². The van der Waals surface area contributed by atoms with Crippen LogP contribution >= 0.6 is 11.3 Å². The number of aromatic nitrogens is 3. The Hall–Kier alpha value is -1.73. The van der Waals surface area contributed by atoms with Crippen LogP contribution in [0.4, 0.5) is 0 Å². The van der Waals surface area contributed by atoms with Crippen molar-refractivity contribution in [2.24, 2.45) is 5.92 Å². The molecule has 2 aromatic heterocycles. The van der Waals surface area contributed by atoms with Crippen molar-refractivity contribution in [3.05, 3.63) is 34.3 Å². The second kappa shape index (κ2) is 7.23. The van der Waals surface area contributed by atoms with E-state index in [1.54, 1.807) is 16.0 Å². The van der Waals surface area contributed by atoms with Gasteiger partial charge in [-0.2, -0.15) is 0 Å². The third-order valence-corrected chi connectivity index (χ3v) is 5.46. The molecule has 3 heterocycles. The second-order valence-corrected chi connectivity index (χ2v) is 6.97. The summed E-state index contributed by atoms with van der Waals surface area (Å²) in [5.41, 5.74) is 0.532. The summed E-state index contributed by atoms with van der Waals surface area (Å²) in [6, 6.07) is 4.68. The topological polar surface area (TPSA) is 63.1 Å². The van der Waals surface area contributed by atoms with Gasteiger partial charge in [0.25, 0.3) is 5.91 Å². The van der Waals surface area contributed by atoms with Gasteiger partial charge in [0, 0.05) is 24.0 Å². The fourth-order valence-corrected chi connectivity index (χ4v) is 4.35. The van der Waals surface area contributed by atoms with E-state index in [1.165, 1.54) is 17.5 Å². The standard InChI is InChI=1S/C16H23N5OS/c1-3-21-13(11-18-19-21)16(22)17-10-12-6-4-8-20(2)15(12)14-7-5-9-23-14/h5,7,9,11-12,15H,3-4,6,8,10H2,1-2H3,(H,17,22). The number of rotatable bonds is 5. The zero-order chi connectivity index (χ0) is 16.2. The molecule has 0 spiro atoms. The van der Waals surface area contributed by atoms with Crippen LogP contribution in [-0.4, -0.2) is 45.9 Å². The fourth-order valence-electron chi connectivity index (χ4n) is 3.36. The van der Waals surface area contributed by atoms with E-state index in [1.807, 2.05) is 6.92 Å². The highest BCUT2D eigenvalue weighted by molar-refractivity contribution is 7.10. The van der Waals surface area contributed by atoms with E-state index < -0.39 is 0 Å². The number of aryl methyl sites for hydroxylation is 1. The number of hydrogen-bond acceptors (Lipinski definition) is 5. The number of carbonyl (C=O) groups excluding carboxylic acids is 1. The fraction of sp³-hybridized carbons (Fsp3) is 0.562. The van der Waals surface area contributed by atoms with E-state index in [0.717, 1.165) is 13.0 Å². The first-order valence-electron chi connectivity index (χ1n) is 8.11. The van der Waals surface area contributed by atoms with Crippen molar-refractivity contribution in [3.63, 3.8) is 0 Å². The maximum atomic E-state index is 12.4. The Bertz CT molecular complexity index is 639. The monoisotopic (exact) mass is 333 g/mol. The van der Waals surface area contributed by atoms with Crippen LogP contribution < -0.4 is 5.32 Å². The lowest BCUT2D eigenvalue weighted by Gasteiger charge is -2.38. The molecule has 2 atom stereocenters. The molecule has 124 valence electrons. The predicted molar refractivity (Wildman–Crippen MR) is 90.4 cm³/mol. The van der Waals surface area contributed by atoms with Crippen LogP contribution in [0.25, 0.3) is 0 Å². The van der Waals surface area contributed by atoms with Crippen LogP contribution in [0.15, 0.2) is 23.7 Å². The average molecular weight is 333 g/mol. The Morgan fingerprint density at radius 3 is 3.13 bits per heavy atom. The Labute approximate surface area is 140 Å². The number of nitrogens with zero attached hydrogens (tertiary/aromatic N) is 4. The van der Waals surface area contributed by atoms with Crippen LogP contribution in [0.5, 0.6) is 0 Å². The lowest BCUT2D eigenvalue weighted by Crippen LogP contribution is -2.41. The molecule has 2 aromatic rings. The molecule has 1 fully saturated rings. The molecule has 0 bridgehead atoms. The smallest absolute Gasteiger partial charge is 0.271 e. The number of likely N-dealkylation sites (tertiary alicyclic amines) is 1. The third-order valence-electron chi connectivity index (χ3n) is 4.52. The van der Waals surface area contributed by atoms with Gasteiger partial charge in [-0.1, -0.05) is 11.3 Å². The first-order chi connectivity index (χ1) is 11.2. The highest BCUT2D eigenvalue weighted by Gasteiger charge is 2.31. The summed E-state index contributed by atoms with van der Waals surface area (Å²) in [4.78, 5) is 16.2. The Morgan fingerprint density at radius 1 is 1.52 bits per heavy atom. The van der Waals surface area contributed by atoms with E-state index in [-0.39, 0.29) is 5.91 Å². The van der Waals surface area contributed by atoms with Gasteiger partial charge in [0.15, 0.2) is 0 Å². The highest BCUT2D eigenvalue weighted by Crippen LogP contribution is 2.36. The van der Waals surface area contributed by atoms with Crippen molar-refractivity contribution in [1.29, 1.82) is 0 Å². The summed E-state index contributed by atoms with van der Waals surface area (Å²) in [5.74, 6) is 0.345. The van der Waals surface area contributed by atoms with Crippen molar-refractivity contribution in [2.75, 3.05) is 20.1 Å². The van der Waals surface area contributed by atoms with E-state index in [4.69, 9.17) is 0 Å². The zero-order valence-corrected chi connectivity index (χ0v) is 14.4. The van der Waals surface area contributed by atoms with Gasteiger partial charge in [-0.15, -0.1) is 16.4 Å². The molecule has 3 rings (SSSR count). The van der Waals surface area contributed by atoms with E-state index in [9.17, 15) is 4.79 Å². The lowest BCUT2D eigenvalue weighted by atomic mass is 9.88. The predicted octanol–water partition coefficient (Wildman–Crippen LogP) is 2.17. The number of thiophene rings is 1. The molecule has 7 heteroatoms. The Morgan fingerprint density at radius 2 is 2.39 bits per heavy atom. The van der Waals surface area contributed by atoms with Crippen molar-refractivity contribution >= 4 is 17.2 Å². The zero-order valence-electron chi connectivity index (χ0n) is 13.6. The van der Waals surface area contributed by atoms with Gasteiger partial charge in [0.1, 0.15) is 5.69 Å². The third kappa shape index (κ3) is 3.45. The van der Waals surface area contributed by atoms with Gasteiger partial charge in [0.05, 0.1) is 6.20 Å². The molecule has 0 aliphatic carbocycles. The molecule has 0 radical (unpaired) electrons. The molecular weight excluding hydrogens is 310 g/mol. The van der Waals surface area contributed by atoms with Gasteiger partial charge in [-0.3, -0.25) is 9.69 Å². The molecule has 1 aliphatic heterocycles. The molecule has 1 saturated heterocycles. The normalized spacial score (nSPS) is 22.2. The van der Waals surface area contributed by atoms with Crippen LogP contribution in [0.2, 0.25) is 0 Å². The molecule has 2 unspecified atom stereocenters. The summed E-state index contributed by atoms with van der Waals surface area (Å²) in [6.45, 7) is 4.39. The van der Waals surface area contributed by atoms with E-state index in [2.05, 4.69) is 45.1 Å². The largest absolute Gasteiger partial charge is 0.350 e. The quantitative estimate of drug-likeness (QED) is 0.911. The molecule has 6 nitrogen and oxygen atoms in total. The molecule has 0 aromatic carbocycles. The minimum Gasteiger partial charge on any atom is -0.350 e. The molecule has 1 amide bonds. The summed E-state index contributed by atoms with van der Waals surface area (Å²) in [6.07, 6.45) is 3.84. The van der Waals surface area contributed by atoms with Gasteiger partial charge in [0.2, 0.25) is 0 Å². The van der Waals surface area contributed by atoms with Crippen molar-refractivity contribution in [2.45, 2.75) is 32.4 Å². The number of carbonyl (C=O) groups is 1. The highest BCUT2D eigenvalue weighted by atomic mass is 32.1. The van der Waals surface area contributed by atoms with Gasteiger partial charge in [-0.05, 0) is 50.7 Å². The van der Waals surface area contributed by atoms with Crippen LogP contribution in [0.1, 0.15) is 41.2 Å². The van der Waals surface area contributed by atoms with Gasteiger partial charge < -0.3 is 5.32 Å². The van der Waals surface area contributed by atoms with Gasteiger partial charge >= 0.3 is 0 Å². The molecule has 1 aliphatic rings. The minimum absolute atomic E-state index is 0.0880. The molecule has 0 saturated carbocycles. The van der Waals surface area contributed by atoms with Crippen molar-refractivity contribution in [3.8, 4) is 0 Å². The van der Waals surface area contributed by atoms with Crippen LogP contribution in [0, 0.1) is 5.92 Å². The molecule has 23 heavy (non-hydrogen) atoms. The maximum absolute atomic E-state index is 12.4. The molecular formula is C16H23N5OS. The summed E-state index contributed by atoms with van der Waals surface area (Å²) in [7, 11) is 2.18. The minimum atomic E-state index is -0.0880. The second-order valence-electron chi connectivity index (χ2n) is 5.99. The summed E-state index contributed by atoms with van der Waals surface area (Å²) < 4.78 is 1.62. The number of amides is 1. The Balaban J connectivity index is 1.67. The Kier molecular flexibility index (Phi) is 5.07. The summed E-state index contributed by atoms with van der Waals surface area (Å²) in [5, 5.41) is 12.9. The number of hydrogen-bond donors (Lipinski definition) is 1. The lowest BCUT2D eigenvalue weighted by molar-refractivity contribution is 0.0885. The average Bonchev–Trinajstić information content (AvgIpc) is 3.23. The molecule has 1 N–H and O–H groups in total. The van der Waals surface area contributed by atoms with E-state index >= 15 is 0 Å².